The van der Waals surface area contributed by atoms with Crippen molar-refractivity contribution in [3.8, 4) is 5.75 Å². The molecule has 0 aliphatic rings. The van der Waals surface area contributed by atoms with Crippen molar-refractivity contribution in [2.45, 2.75) is 12.1 Å². The lowest BCUT2D eigenvalue weighted by molar-refractivity contribution is -0.131. The first kappa shape index (κ1) is 18.1. The average molecular weight is 391 g/mol. The molecule has 0 saturated carbocycles. The zero-order valence-corrected chi connectivity index (χ0v) is 15.9. The minimum atomic E-state index is -1.04. The van der Waals surface area contributed by atoms with Gasteiger partial charge in [-0.25, -0.2) is 9.78 Å². The second-order valence-electron chi connectivity index (χ2n) is 5.99. The van der Waals surface area contributed by atoms with E-state index in [9.17, 15) is 9.90 Å². The fourth-order valence-corrected chi connectivity index (χ4v) is 3.70. The molecule has 3 aromatic carbocycles. The van der Waals surface area contributed by atoms with Crippen LogP contribution < -0.4 is 4.74 Å². The van der Waals surface area contributed by atoms with Crippen molar-refractivity contribution in [1.82, 2.24) is 4.98 Å². The monoisotopic (exact) mass is 391 g/mol. The Morgan fingerprint density at radius 1 is 1.11 bits per heavy atom. The highest BCUT2D eigenvalue weighted by Crippen LogP contribution is 2.34. The van der Waals surface area contributed by atoms with Crippen LogP contribution >= 0.6 is 11.8 Å². The summed E-state index contributed by atoms with van der Waals surface area (Å²) in [4.78, 5) is 16.3. The third-order valence-corrected chi connectivity index (χ3v) is 5.05. The van der Waals surface area contributed by atoms with Crippen LogP contribution in [0.2, 0.25) is 0 Å². The van der Waals surface area contributed by atoms with Crippen LogP contribution in [0.5, 0.6) is 5.75 Å². The van der Waals surface area contributed by atoms with E-state index in [1.807, 2.05) is 61.5 Å². The van der Waals surface area contributed by atoms with E-state index in [1.54, 1.807) is 12.1 Å². The summed E-state index contributed by atoms with van der Waals surface area (Å²) in [6, 6.07) is 18.8. The molecule has 0 spiro atoms. The molecule has 4 aromatic rings. The van der Waals surface area contributed by atoms with Crippen LogP contribution in [0.1, 0.15) is 12.5 Å². The van der Waals surface area contributed by atoms with E-state index in [4.69, 9.17) is 9.15 Å². The molecule has 1 heterocycles. The Morgan fingerprint density at radius 2 is 1.86 bits per heavy atom. The molecule has 0 saturated heterocycles. The van der Waals surface area contributed by atoms with Gasteiger partial charge in [0.15, 0.2) is 5.58 Å². The predicted molar refractivity (Wildman–Crippen MR) is 111 cm³/mol. The number of nitrogens with zero attached hydrogens (tertiary/aromatic N) is 1. The molecule has 28 heavy (non-hydrogen) atoms. The van der Waals surface area contributed by atoms with Crippen molar-refractivity contribution in [1.29, 1.82) is 0 Å². The van der Waals surface area contributed by atoms with Crippen molar-refractivity contribution in [3.05, 3.63) is 71.1 Å². The fraction of sp³-hybridized carbons (Fsp3) is 0.0909. The maximum atomic E-state index is 11.8. The molecular weight excluding hydrogens is 374 g/mol. The number of aromatic nitrogens is 1. The largest absolute Gasteiger partial charge is 0.493 e. The highest BCUT2D eigenvalue weighted by molar-refractivity contribution is 8.03. The molecule has 0 bridgehead atoms. The quantitative estimate of drug-likeness (QED) is 0.341. The third-order valence-electron chi connectivity index (χ3n) is 4.19. The van der Waals surface area contributed by atoms with E-state index >= 15 is 0 Å². The Bertz CT molecular complexity index is 1160. The molecule has 5 nitrogen and oxygen atoms in total. The topological polar surface area (TPSA) is 72.6 Å². The summed E-state index contributed by atoms with van der Waals surface area (Å²) >= 11 is 0.993. The van der Waals surface area contributed by atoms with Gasteiger partial charge in [-0.2, -0.15) is 0 Å². The summed E-state index contributed by atoms with van der Waals surface area (Å²) in [5, 5.41) is 11.9. The predicted octanol–water partition coefficient (Wildman–Crippen LogP) is 5.60. The number of oxazole rings is 1. The van der Waals surface area contributed by atoms with Crippen molar-refractivity contribution >= 4 is 45.7 Å². The third kappa shape index (κ3) is 3.59. The summed E-state index contributed by atoms with van der Waals surface area (Å²) in [5.41, 5.74) is 2.11. The van der Waals surface area contributed by atoms with E-state index in [-0.39, 0.29) is 4.91 Å². The number of ether oxygens (including phenoxy) is 1. The van der Waals surface area contributed by atoms with Gasteiger partial charge in [0.05, 0.1) is 6.61 Å². The van der Waals surface area contributed by atoms with E-state index in [1.165, 1.54) is 0 Å². The Labute approximate surface area is 165 Å². The van der Waals surface area contributed by atoms with Gasteiger partial charge in [0.1, 0.15) is 16.2 Å². The van der Waals surface area contributed by atoms with Gasteiger partial charge in [-0.15, -0.1) is 0 Å². The van der Waals surface area contributed by atoms with Crippen molar-refractivity contribution in [2.75, 3.05) is 6.61 Å². The Morgan fingerprint density at radius 3 is 2.61 bits per heavy atom. The second kappa shape index (κ2) is 7.78. The lowest BCUT2D eigenvalue weighted by Gasteiger charge is -2.10. The van der Waals surface area contributed by atoms with Gasteiger partial charge in [0.2, 0.25) is 0 Å². The molecule has 0 fully saturated rings. The maximum Gasteiger partial charge on any atom is 0.342 e. The molecular formula is C22H17NO4S. The molecule has 6 heteroatoms. The number of carboxylic acid groups (broad SMARTS) is 1. The Balaban J connectivity index is 1.76. The van der Waals surface area contributed by atoms with E-state index < -0.39 is 5.97 Å². The van der Waals surface area contributed by atoms with Crippen LogP contribution in [0.3, 0.4) is 0 Å². The number of fused-ring (bicyclic) bond motifs is 2. The average Bonchev–Trinajstić information content (AvgIpc) is 3.11. The molecule has 0 atom stereocenters. The summed E-state index contributed by atoms with van der Waals surface area (Å²) in [7, 11) is 0. The van der Waals surface area contributed by atoms with Crippen molar-refractivity contribution in [3.63, 3.8) is 0 Å². The summed E-state index contributed by atoms with van der Waals surface area (Å²) in [6.07, 6.45) is 1.64. The maximum absolute atomic E-state index is 11.8. The standard InChI is InChI=1S/C22H17NO4S/c1-2-26-18-12-11-14(15-7-3-4-8-16(15)18)13-20(21(24)25)28-22-23-17-9-5-6-10-19(17)27-22/h3-13H,2H2,1H3,(H,24,25)/b20-13+. The first-order valence-electron chi connectivity index (χ1n) is 8.78. The molecule has 1 aromatic heterocycles. The minimum absolute atomic E-state index is 0.126. The van der Waals surface area contributed by atoms with Crippen LogP contribution in [0, 0.1) is 0 Å². The lowest BCUT2D eigenvalue weighted by Crippen LogP contribution is -1.97. The van der Waals surface area contributed by atoms with Crippen LogP contribution in [0.4, 0.5) is 0 Å². The van der Waals surface area contributed by atoms with Crippen LogP contribution in [0.25, 0.3) is 27.9 Å². The van der Waals surface area contributed by atoms with E-state index in [0.717, 1.165) is 33.8 Å². The number of hydrogen-bond donors (Lipinski definition) is 1. The fourth-order valence-electron chi connectivity index (χ4n) is 2.97. The van der Waals surface area contributed by atoms with Gasteiger partial charge in [0.25, 0.3) is 5.22 Å². The summed E-state index contributed by atoms with van der Waals surface area (Å²) in [5.74, 6) is -0.260. The first-order valence-corrected chi connectivity index (χ1v) is 9.60. The van der Waals surface area contributed by atoms with E-state index in [2.05, 4.69) is 4.98 Å². The van der Waals surface area contributed by atoms with Crippen molar-refractivity contribution < 1.29 is 19.1 Å². The minimum Gasteiger partial charge on any atom is -0.493 e. The Kier molecular flexibility index (Phi) is 5.04. The van der Waals surface area contributed by atoms with Gasteiger partial charge in [-0.1, -0.05) is 42.5 Å². The lowest BCUT2D eigenvalue weighted by atomic mass is 10.0. The van der Waals surface area contributed by atoms with Gasteiger partial charge >= 0.3 is 5.97 Å². The second-order valence-corrected chi connectivity index (χ2v) is 6.99. The number of carboxylic acids is 1. The van der Waals surface area contributed by atoms with Crippen LogP contribution in [0.15, 0.2) is 75.2 Å². The van der Waals surface area contributed by atoms with Crippen LogP contribution in [-0.2, 0) is 4.79 Å². The normalized spacial score (nSPS) is 11.8. The smallest absolute Gasteiger partial charge is 0.342 e. The molecule has 0 aliphatic heterocycles. The van der Waals surface area contributed by atoms with Gasteiger partial charge in [-0.3, -0.25) is 0 Å². The Hall–Kier alpha value is -3.25. The molecule has 140 valence electrons. The highest BCUT2D eigenvalue weighted by atomic mass is 32.2. The summed E-state index contributed by atoms with van der Waals surface area (Å²) in [6.45, 7) is 2.50. The number of rotatable bonds is 6. The molecule has 4 rings (SSSR count). The van der Waals surface area contributed by atoms with E-state index in [0.29, 0.717) is 22.9 Å². The zero-order chi connectivity index (χ0) is 19.5. The number of thioether (sulfide) groups is 1. The number of para-hydroxylation sites is 2. The SMILES string of the molecule is CCOc1ccc(/C=C(/Sc2nc3ccccc3o2)C(=O)O)c2ccccc12. The number of hydrogen-bond acceptors (Lipinski definition) is 5. The number of aliphatic carboxylic acids is 1. The zero-order valence-electron chi connectivity index (χ0n) is 15.1. The van der Waals surface area contributed by atoms with Gasteiger partial charge < -0.3 is 14.3 Å². The van der Waals surface area contributed by atoms with Crippen molar-refractivity contribution in [2.24, 2.45) is 0 Å². The van der Waals surface area contributed by atoms with Gasteiger partial charge in [-0.05, 0) is 53.9 Å². The highest BCUT2D eigenvalue weighted by Gasteiger charge is 2.16. The van der Waals surface area contributed by atoms with Gasteiger partial charge in [0, 0.05) is 5.39 Å². The van der Waals surface area contributed by atoms with Crippen LogP contribution in [-0.4, -0.2) is 22.7 Å². The first-order chi connectivity index (χ1) is 13.7. The molecule has 1 N–H and O–H groups in total. The summed E-state index contributed by atoms with van der Waals surface area (Å²) < 4.78 is 11.3. The molecule has 0 amide bonds. The molecule has 0 aliphatic carbocycles. The molecule has 0 radical (unpaired) electrons. The number of benzene rings is 3. The molecule has 0 unspecified atom stereocenters. The number of carbonyl (C=O) groups is 1.